The number of hydrogen-bond donors (Lipinski definition) is 2. The van der Waals surface area contributed by atoms with Crippen molar-refractivity contribution in [2.75, 3.05) is 13.2 Å². The van der Waals surface area contributed by atoms with Crippen LogP contribution in [0.1, 0.15) is 42.4 Å². The van der Waals surface area contributed by atoms with E-state index >= 15 is 0 Å². The van der Waals surface area contributed by atoms with Crippen molar-refractivity contribution in [3.05, 3.63) is 21.9 Å². The second-order valence-corrected chi connectivity index (χ2v) is 7.29. The summed E-state index contributed by atoms with van der Waals surface area (Å²) in [5, 5.41) is 12.2. The first-order valence-corrected chi connectivity index (χ1v) is 8.65. The standard InChI is InChI=1S/C16H26N2O2S/c1-12(11-15-7-6-13(2)21-15)17-16(20)18-9-4-3-5-14(18)8-10-19/h6-7,12,14,19H,3-5,8-11H2,1-2H3,(H,17,20). The van der Waals surface area contributed by atoms with Crippen molar-refractivity contribution in [2.24, 2.45) is 0 Å². The molecule has 0 aliphatic carbocycles. The molecule has 5 heteroatoms. The normalized spacial score (nSPS) is 20.3. The van der Waals surface area contributed by atoms with E-state index in [9.17, 15) is 4.79 Å². The van der Waals surface area contributed by atoms with Crippen LogP contribution in [0, 0.1) is 6.92 Å². The number of urea groups is 1. The highest BCUT2D eigenvalue weighted by molar-refractivity contribution is 7.11. The van der Waals surface area contributed by atoms with Crippen molar-refractivity contribution in [1.82, 2.24) is 10.2 Å². The van der Waals surface area contributed by atoms with Crippen molar-refractivity contribution in [1.29, 1.82) is 0 Å². The Morgan fingerprint density at radius 1 is 1.52 bits per heavy atom. The molecule has 4 nitrogen and oxygen atoms in total. The van der Waals surface area contributed by atoms with Gasteiger partial charge in [0.15, 0.2) is 0 Å². The third-order valence-electron chi connectivity index (χ3n) is 4.02. The first-order valence-electron chi connectivity index (χ1n) is 7.83. The number of piperidine rings is 1. The average molecular weight is 310 g/mol. The summed E-state index contributed by atoms with van der Waals surface area (Å²) in [7, 11) is 0. The Hall–Kier alpha value is -1.07. The van der Waals surface area contributed by atoms with Crippen molar-refractivity contribution < 1.29 is 9.90 Å². The number of nitrogens with one attached hydrogen (secondary N) is 1. The number of amides is 2. The SMILES string of the molecule is Cc1ccc(CC(C)NC(=O)N2CCCCC2CCO)s1. The molecule has 2 unspecified atom stereocenters. The van der Waals surface area contributed by atoms with Gasteiger partial charge in [0, 0.05) is 41.4 Å². The van der Waals surface area contributed by atoms with Crippen LogP contribution >= 0.6 is 11.3 Å². The fraction of sp³-hybridized carbons (Fsp3) is 0.688. The highest BCUT2D eigenvalue weighted by Gasteiger charge is 2.26. The summed E-state index contributed by atoms with van der Waals surface area (Å²) >= 11 is 1.79. The molecule has 1 aliphatic rings. The van der Waals surface area contributed by atoms with Crippen LogP contribution in [-0.2, 0) is 6.42 Å². The predicted molar refractivity (Wildman–Crippen MR) is 86.8 cm³/mol. The molecule has 0 saturated carbocycles. The third-order valence-corrected chi connectivity index (χ3v) is 5.05. The number of nitrogens with zero attached hydrogens (tertiary/aromatic N) is 1. The van der Waals surface area contributed by atoms with Crippen LogP contribution in [0.5, 0.6) is 0 Å². The van der Waals surface area contributed by atoms with E-state index in [-0.39, 0.29) is 24.7 Å². The van der Waals surface area contributed by atoms with Gasteiger partial charge >= 0.3 is 6.03 Å². The van der Waals surface area contributed by atoms with Crippen molar-refractivity contribution in [3.63, 3.8) is 0 Å². The van der Waals surface area contributed by atoms with Crippen molar-refractivity contribution in [3.8, 4) is 0 Å². The lowest BCUT2D eigenvalue weighted by Gasteiger charge is -2.36. The monoisotopic (exact) mass is 310 g/mol. The number of aliphatic hydroxyl groups excluding tert-OH is 1. The van der Waals surface area contributed by atoms with Crippen LogP contribution < -0.4 is 5.32 Å². The number of aliphatic hydroxyl groups is 1. The highest BCUT2D eigenvalue weighted by Crippen LogP contribution is 2.20. The van der Waals surface area contributed by atoms with Crippen molar-refractivity contribution >= 4 is 17.4 Å². The Morgan fingerprint density at radius 2 is 2.33 bits per heavy atom. The molecule has 0 bridgehead atoms. The van der Waals surface area contributed by atoms with E-state index in [0.29, 0.717) is 6.42 Å². The zero-order valence-electron chi connectivity index (χ0n) is 13.0. The summed E-state index contributed by atoms with van der Waals surface area (Å²) in [6, 6.07) is 4.61. The molecule has 1 aliphatic heterocycles. The van der Waals surface area contributed by atoms with Gasteiger partial charge in [-0.1, -0.05) is 0 Å². The van der Waals surface area contributed by atoms with Crippen LogP contribution in [0.15, 0.2) is 12.1 Å². The smallest absolute Gasteiger partial charge is 0.317 e. The summed E-state index contributed by atoms with van der Waals surface area (Å²) in [5.74, 6) is 0. The number of carbonyl (C=O) groups is 1. The van der Waals surface area contributed by atoms with Gasteiger partial charge in [0.2, 0.25) is 0 Å². The minimum Gasteiger partial charge on any atom is -0.396 e. The second-order valence-electron chi connectivity index (χ2n) is 5.92. The number of carbonyl (C=O) groups excluding carboxylic acids is 1. The molecule has 0 spiro atoms. The predicted octanol–water partition coefficient (Wildman–Crippen LogP) is 2.93. The minimum absolute atomic E-state index is 0.0222. The molecule has 1 aromatic heterocycles. The maximum atomic E-state index is 12.4. The average Bonchev–Trinajstić information content (AvgIpc) is 2.84. The number of likely N-dealkylation sites (tertiary alicyclic amines) is 1. The first-order chi connectivity index (χ1) is 10.1. The highest BCUT2D eigenvalue weighted by atomic mass is 32.1. The lowest BCUT2D eigenvalue weighted by Crippen LogP contribution is -2.51. The fourth-order valence-electron chi connectivity index (χ4n) is 2.96. The summed E-state index contributed by atoms with van der Waals surface area (Å²) in [5.41, 5.74) is 0. The van der Waals surface area contributed by atoms with Gasteiger partial charge in [-0.3, -0.25) is 0 Å². The molecular weight excluding hydrogens is 284 g/mol. The van der Waals surface area contributed by atoms with E-state index in [1.54, 1.807) is 11.3 Å². The molecule has 2 N–H and O–H groups in total. The number of aryl methyl sites for hydroxylation is 1. The van der Waals surface area contributed by atoms with Crippen LogP contribution in [0.3, 0.4) is 0 Å². The molecule has 2 amide bonds. The maximum Gasteiger partial charge on any atom is 0.317 e. The van der Waals surface area contributed by atoms with E-state index in [4.69, 9.17) is 5.11 Å². The number of rotatable bonds is 5. The molecule has 2 rings (SSSR count). The molecule has 2 atom stereocenters. The lowest BCUT2D eigenvalue weighted by molar-refractivity contribution is 0.130. The molecular formula is C16H26N2O2S. The van der Waals surface area contributed by atoms with E-state index in [0.717, 1.165) is 32.2 Å². The lowest BCUT2D eigenvalue weighted by atomic mass is 10.00. The van der Waals surface area contributed by atoms with Gasteiger partial charge in [0.25, 0.3) is 0 Å². The number of thiophene rings is 1. The van der Waals surface area contributed by atoms with Gasteiger partial charge in [0.05, 0.1) is 0 Å². The summed E-state index contributed by atoms with van der Waals surface area (Å²) in [6.45, 7) is 5.11. The molecule has 2 heterocycles. The van der Waals surface area contributed by atoms with Crippen LogP contribution in [0.4, 0.5) is 4.79 Å². The fourth-order valence-corrected chi connectivity index (χ4v) is 3.98. The topological polar surface area (TPSA) is 52.6 Å². The Morgan fingerprint density at radius 3 is 3.00 bits per heavy atom. The third kappa shape index (κ3) is 4.71. The van der Waals surface area contributed by atoms with Gasteiger partial charge in [-0.15, -0.1) is 11.3 Å². The Labute approximate surface area is 131 Å². The molecule has 1 aromatic rings. The van der Waals surface area contributed by atoms with Gasteiger partial charge in [0.1, 0.15) is 0 Å². The number of hydrogen-bond acceptors (Lipinski definition) is 3. The van der Waals surface area contributed by atoms with Gasteiger partial charge in [-0.05, 0) is 51.7 Å². The van der Waals surface area contributed by atoms with E-state index in [1.807, 2.05) is 4.90 Å². The van der Waals surface area contributed by atoms with Gasteiger partial charge in [-0.25, -0.2) is 4.79 Å². The van der Waals surface area contributed by atoms with Crippen molar-refractivity contribution in [2.45, 2.75) is 58.0 Å². The van der Waals surface area contributed by atoms with Crippen LogP contribution in [0.2, 0.25) is 0 Å². The summed E-state index contributed by atoms with van der Waals surface area (Å²) < 4.78 is 0. The summed E-state index contributed by atoms with van der Waals surface area (Å²) in [6.07, 6.45) is 4.79. The van der Waals surface area contributed by atoms with E-state index in [2.05, 4.69) is 31.3 Å². The molecule has 0 radical (unpaired) electrons. The van der Waals surface area contributed by atoms with Crippen LogP contribution in [0.25, 0.3) is 0 Å². The van der Waals surface area contributed by atoms with E-state index < -0.39 is 0 Å². The molecule has 1 fully saturated rings. The van der Waals surface area contributed by atoms with Gasteiger partial charge in [-0.2, -0.15) is 0 Å². The zero-order chi connectivity index (χ0) is 15.2. The quantitative estimate of drug-likeness (QED) is 0.878. The zero-order valence-corrected chi connectivity index (χ0v) is 13.8. The minimum atomic E-state index is 0.0222. The Bertz CT molecular complexity index is 459. The van der Waals surface area contributed by atoms with Crippen LogP contribution in [-0.4, -0.2) is 41.3 Å². The Kier molecular flexibility index (Phi) is 6.06. The second kappa shape index (κ2) is 7.80. The molecule has 0 aromatic carbocycles. The molecule has 1 saturated heterocycles. The maximum absolute atomic E-state index is 12.4. The summed E-state index contributed by atoms with van der Waals surface area (Å²) in [4.78, 5) is 17.0. The Balaban J connectivity index is 1.86. The largest absolute Gasteiger partial charge is 0.396 e. The molecule has 118 valence electrons. The first kappa shape index (κ1) is 16.3. The van der Waals surface area contributed by atoms with Gasteiger partial charge < -0.3 is 15.3 Å². The molecule has 21 heavy (non-hydrogen) atoms. The van der Waals surface area contributed by atoms with E-state index in [1.165, 1.54) is 9.75 Å².